The molecule has 244 valence electrons. The maximum Gasteiger partial charge on any atom is 0.255 e. The minimum atomic E-state index is -0.200. The molecule has 0 saturated heterocycles. The topological polar surface area (TPSA) is 58.2 Å². The van der Waals surface area contributed by atoms with Crippen molar-refractivity contribution in [1.82, 2.24) is 0 Å². The first-order valence-corrected chi connectivity index (χ1v) is 16.8. The highest BCUT2D eigenvalue weighted by atomic mass is 16.2. The molecule has 0 aliphatic heterocycles. The predicted molar refractivity (Wildman–Crippen MR) is 199 cm³/mol. The van der Waals surface area contributed by atoms with E-state index in [0.717, 1.165) is 22.5 Å². The van der Waals surface area contributed by atoms with Crippen molar-refractivity contribution in [3.63, 3.8) is 0 Å². The molecule has 0 radical (unpaired) electrons. The summed E-state index contributed by atoms with van der Waals surface area (Å²) in [5, 5.41) is 6.16. The Hall–Kier alpha value is -4.96. The lowest BCUT2D eigenvalue weighted by Gasteiger charge is -2.44. The summed E-state index contributed by atoms with van der Waals surface area (Å²) in [6.45, 7) is 17.5. The molecule has 48 heavy (non-hydrogen) atoms. The van der Waals surface area contributed by atoms with Crippen molar-refractivity contribution in [3.05, 3.63) is 165 Å². The summed E-state index contributed by atoms with van der Waals surface area (Å²) in [7, 11) is 0. The Morgan fingerprint density at radius 2 is 0.854 bits per heavy atom. The van der Waals surface area contributed by atoms with E-state index >= 15 is 0 Å². The highest BCUT2D eigenvalue weighted by Crippen LogP contribution is 2.58. The first-order valence-electron chi connectivity index (χ1n) is 16.8. The number of amides is 2. The van der Waals surface area contributed by atoms with E-state index in [9.17, 15) is 9.59 Å². The molecule has 2 unspecified atom stereocenters. The lowest BCUT2D eigenvalue weighted by molar-refractivity contribution is 0.101. The molecule has 4 nitrogen and oxygen atoms in total. The third kappa shape index (κ3) is 6.20. The summed E-state index contributed by atoms with van der Waals surface area (Å²) in [6, 6.07) is 37.4. The first kappa shape index (κ1) is 33.0. The molecule has 5 aromatic rings. The van der Waals surface area contributed by atoms with Gasteiger partial charge in [0.15, 0.2) is 0 Å². The first-order chi connectivity index (χ1) is 22.8. The largest absolute Gasteiger partial charge is 0.322 e. The fourth-order valence-corrected chi connectivity index (χ4v) is 7.49. The molecule has 0 saturated carbocycles. The summed E-state index contributed by atoms with van der Waals surface area (Å²) < 4.78 is 0. The third-order valence-electron chi connectivity index (χ3n) is 10.8. The second-order valence-corrected chi connectivity index (χ2v) is 14.7. The average molecular weight is 635 g/mol. The van der Waals surface area contributed by atoms with Gasteiger partial charge in [-0.15, -0.1) is 0 Å². The standard InChI is InChI=1S/C44H46N2O2/c1-27-12-14-33(24-29(27)3)41(47)45-37-20-16-35(17-21-37)43(5,6)39-31-10-9-11-32(26-31)40(39)44(7,8)36-18-22-38(23-19-36)46-42(48)34-15-13-28(2)30(4)25-34/h9-26,39-40H,1-8H3,(H,45,47)(H,46,48). The van der Waals surface area contributed by atoms with Crippen LogP contribution in [0.15, 0.2) is 109 Å². The Kier molecular flexibility index (Phi) is 8.63. The van der Waals surface area contributed by atoms with Crippen molar-refractivity contribution < 1.29 is 9.59 Å². The summed E-state index contributed by atoms with van der Waals surface area (Å²) in [4.78, 5) is 26.0. The van der Waals surface area contributed by atoms with E-state index in [1.165, 1.54) is 33.4 Å². The van der Waals surface area contributed by atoms with Crippen molar-refractivity contribution >= 4 is 23.2 Å². The quantitative estimate of drug-likeness (QED) is 0.178. The number of hydrogen-bond donors (Lipinski definition) is 2. The van der Waals surface area contributed by atoms with E-state index in [4.69, 9.17) is 0 Å². The molecule has 2 atom stereocenters. The average Bonchev–Trinajstić information content (AvgIpc) is 3.34. The van der Waals surface area contributed by atoms with Gasteiger partial charge in [0.25, 0.3) is 11.8 Å². The smallest absolute Gasteiger partial charge is 0.255 e. The molecule has 0 aromatic heterocycles. The molecule has 4 heteroatoms. The number of benzene rings is 5. The zero-order valence-corrected chi connectivity index (χ0v) is 29.4. The van der Waals surface area contributed by atoms with E-state index in [2.05, 4.69) is 101 Å². The summed E-state index contributed by atoms with van der Waals surface area (Å²) in [5.74, 6) is 0.263. The Balaban J connectivity index is 1.22. The monoisotopic (exact) mass is 634 g/mol. The highest BCUT2D eigenvalue weighted by molar-refractivity contribution is 6.05. The van der Waals surface area contributed by atoms with E-state index < -0.39 is 0 Å². The van der Waals surface area contributed by atoms with Gasteiger partial charge in [-0.05, 0) is 132 Å². The maximum atomic E-state index is 13.0. The minimum Gasteiger partial charge on any atom is -0.322 e. The molecule has 5 aromatic carbocycles. The van der Waals surface area contributed by atoms with Crippen LogP contribution in [0.3, 0.4) is 0 Å². The number of nitrogens with one attached hydrogen (secondary N) is 2. The number of hydrogen-bond acceptors (Lipinski definition) is 2. The summed E-state index contributed by atoms with van der Waals surface area (Å²) >= 11 is 0. The molecule has 0 heterocycles. The second kappa shape index (κ2) is 12.6. The Morgan fingerprint density at radius 3 is 1.21 bits per heavy atom. The molecule has 1 aliphatic carbocycles. The van der Waals surface area contributed by atoms with Crippen LogP contribution >= 0.6 is 0 Å². The molecular formula is C44H46N2O2. The van der Waals surface area contributed by atoms with Gasteiger partial charge in [-0.1, -0.05) is 88.4 Å². The number of fused-ring (bicyclic) bond motifs is 2. The van der Waals surface area contributed by atoms with Crippen molar-refractivity contribution in [3.8, 4) is 0 Å². The van der Waals surface area contributed by atoms with Crippen molar-refractivity contribution in [2.75, 3.05) is 10.6 Å². The summed E-state index contributed by atoms with van der Waals surface area (Å²) in [6.07, 6.45) is 0. The van der Waals surface area contributed by atoms with Gasteiger partial charge in [0.05, 0.1) is 0 Å². The lowest BCUT2D eigenvalue weighted by atomic mass is 9.59. The highest BCUT2D eigenvalue weighted by Gasteiger charge is 2.49. The van der Waals surface area contributed by atoms with Gasteiger partial charge in [-0.2, -0.15) is 0 Å². The number of aryl methyl sites for hydroxylation is 4. The molecule has 2 bridgehead atoms. The zero-order chi connectivity index (χ0) is 34.4. The predicted octanol–water partition coefficient (Wildman–Crippen LogP) is 10.6. The van der Waals surface area contributed by atoms with Gasteiger partial charge in [0.1, 0.15) is 0 Å². The van der Waals surface area contributed by atoms with E-state index in [-0.39, 0.29) is 34.5 Å². The van der Waals surface area contributed by atoms with Crippen LogP contribution in [0.25, 0.3) is 0 Å². The van der Waals surface area contributed by atoms with Crippen molar-refractivity contribution in [2.24, 2.45) is 0 Å². The van der Waals surface area contributed by atoms with E-state index in [0.29, 0.717) is 11.1 Å². The van der Waals surface area contributed by atoms with Gasteiger partial charge < -0.3 is 10.6 Å². The van der Waals surface area contributed by atoms with Gasteiger partial charge >= 0.3 is 0 Å². The van der Waals surface area contributed by atoms with E-state index in [1.54, 1.807) is 0 Å². The minimum absolute atomic E-state index is 0.102. The number of anilines is 2. The third-order valence-corrected chi connectivity index (χ3v) is 10.8. The maximum absolute atomic E-state index is 13.0. The second-order valence-electron chi connectivity index (χ2n) is 14.7. The number of rotatable bonds is 8. The van der Waals surface area contributed by atoms with Crippen LogP contribution in [0.2, 0.25) is 0 Å². The summed E-state index contributed by atoms with van der Waals surface area (Å²) in [5.41, 5.74) is 12.2. The van der Waals surface area contributed by atoms with Crippen LogP contribution in [0.4, 0.5) is 11.4 Å². The van der Waals surface area contributed by atoms with Gasteiger partial charge in [-0.3, -0.25) is 9.59 Å². The Labute approximate surface area is 285 Å². The van der Waals surface area contributed by atoms with Crippen LogP contribution < -0.4 is 10.6 Å². The van der Waals surface area contributed by atoms with Crippen molar-refractivity contribution in [2.45, 2.75) is 78.1 Å². The van der Waals surface area contributed by atoms with Crippen LogP contribution in [0.1, 0.15) is 105 Å². The normalized spacial score (nSPS) is 15.7. The van der Waals surface area contributed by atoms with Crippen molar-refractivity contribution in [1.29, 1.82) is 0 Å². The Bertz CT molecular complexity index is 1860. The van der Waals surface area contributed by atoms with Crippen LogP contribution in [-0.4, -0.2) is 11.8 Å². The molecule has 2 N–H and O–H groups in total. The molecule has 6 rings (SSSR count). The van der Waals surface area contributed by atoms with Gasteiger partial charge in [0.2, 0.25) is 0 Å². The Morgan fingerprint density at radius 1 is 0.479 bits per heavy atom. The number of carbonyl (C=O) groups excluding carboxylic acids is 2. The molecule has 0 fully saturated rings. The molecular weight excluding hydrogens is 588 g/mol. The SMILES string of the molecule is Cc1ccc(C(=O)Nc2ccc(C(C)(C)C3c4cccc(c4)C3C(C)(C)c3ccc(NC(=O)c4ccc(C)c(C)c4)cc3)cc2)cc1C. The molecule has 0 spiro atoms. The molecule has 1 aliphatic rings. The fourth-order valence-electron chi connectivity index (χ4n) is 7.49. The van der Waals surface area contributed by atoms with Gasteiger partial charge in [0, 0.05) is 34.3 Å². The number of carbonyl (C=O) groups is 2. The lowest BCUT2D eigenvalue weighted by Crippen LogP contribution is -2.37. The fraction of sp³-hybridized carbons (Fsp3) is 0.273. The zero-order valence-electron chi connectivity index (χ0n) is 29.4. The molecule has 2 amide bonds. The van der Waals surface area contributed by atoms with Gasteiger partial charge in [-0.25, -0.2) is 0 Å². The van der Waals surface area contributed by atoms with Crippen LogP contribution in [-0.2, 0) is 10.8 Å². The van der Waals surface area contributed by atoms with Crippen LogP contribution in [0, 0.1) is 27.7 Å². The van der Waals surface area contributed by atoms with E-state index in [1.807, 2.05) is 74.5 Å². The van der Waals surface area contributed by atoms with Crippen LogP contribution in [0.5, 0.6) is 0 Å².